The van der Waals surface area contributed by atoms with Crippen LogP contribution in [0.5, 0.6) is 11.5 Å². The maximum Gasteiger partial charge on any atom is 0.296 e. The largest absolute Gasteiger partial charge is 0.497 e. The first-order valence-corrected chi connectivity index (χ1v) is 10.0. The Morgan fingerprint density at radius 3 is 2.53 bits per heavy atom. The van der Waals surface area contributed by atoms with E-state index in [9.17, 15) is 9.59 Å². The Hall–Kier alpha value is -3.52. The minimum absolute atomic E-state index is 0.233. The van der Waals surface area contributed by atoms with Crippen LogP contribution in [0.3, 0.4) is 0 Å². The number of thiazole rings is 1. The SMILES string of the molecule is COc1ccc(OC)c(/C=c2\sc3nc(=O)c(Cc4ccc(C)cc4)nn3c2=O)c1. The lowest BCUT2D eigenvalue weighted by molar-refractivity contribution is 0.402. The van der Waals surface area contributed by atoms with Crippen molar-refractivity contribution in [2.45, 2.75) is 13.3 Å². The lowest BCUT2D eigenvalue weighted by Gasteiger charge is -2.06. The van der Waals surface area contributed by atoms with Crippen LogP contribution < -0.4 is 25.1 Å². The van der Waals surface area contributed by atoms with Crippen molar-refractivity contribution in [2.75, 3.05) is 14.2 Å². The highest BCUT2D eigenvalue weighted by Crippen LogP contribution is 2.24. The Labute approximate surface area is 175 Å². The number of ether oxygens (including phenoxy) is 2. The molecule has 30 heavy (non-hydrogen) atoms. The van der Waals surface area contributed by atoms with Gasteiger partial charge in [-0.25, -0.2) is 0 Å². The summed E-state index contributed by atoms with van der Waals surface area (Å²) in [5.74, 6) is 1.24. The second-order valence-electron chi connectivity index (χ2n) is 6.74. The van der Waals surface area contributed by atoms with Gasteiger partial charge in [0.25, 0.3) is 11.1 Å². The molecular formula is C22H19N3O4S. The summed E-state index contributed by atoms with van der Waals surface area (Å²) in [6, 6.07) is 13.1. The van der Waals surface area contributed by atoms with Crippen LogP contribution in [0.1, 0.15) is 22.4 Å². The van der Waals surface area contributed by atoms with Gasteiger partial charge in [-0.05, 0) is 36.8 Å². The van der Waals surface area contributed by atoms with Gasteiger partial charge in [0.15, 0.2) is 0 Å². The minimum Gasteiger partial charge on any atom is -0.497 e. The van der Waals surface area contributed by atoms with Crippen LogP contribution in [0.15, 0.2) is 52.1 Å². The normalized spacial score (nSPS) is 11.8. The maximum atomic E-state index is 12.9. The second-order valence-corrected chi connectivity index (χ2v) is 7.75. The van der Waals surface area contributed by atoms with E-state index in [1.54, 1.807) is 38.5 Å². The molecule has 2 aromatic heterocycles. The topological polar surface area (TPSA) is 82.8 Å². The van der Waals surface area contributed by atoms with Crippen LogP contribution in [0.25, 0.3) is 11.0 Å². The van der Waals surface area contributed by atoms with Crippen LogP contribution in [0.2, 0.25) is 0 Å². The molecule has 0 aliphatic carbocycles. The molecule has 0 aliphatic rings. The van der Waals surface area contributed by atoms with E-state index in [0.29, 0.717) is 28.0 Å². The standard InChI is InChI=1S/C22H19N3O4S/c1-13-4-6-14(7-5-13)10-17-20(26)23-22-25(24-17)21(27)19(30-22)12-15-11-16(28-2)8-9-18(15)29-3/h4-9,11-12H,10H2,1-3H3/b19-12-. The van der Waals surface area contributed by atoms with Gasteiger partial charge in [-0.3, -0.25) is 9.59 Å². The summed E-state index contributed by atoms with van der Waals surface area (Å²) < 4.78 is 12.2. The minimum atomic E-state index is -0.428. The number of aromatic nitrogens is 3. The fourth-order valence-corrected chi connectivity index (χ4v) is 3.94. The Morgan fingerprint density at radius 1 is 1.07 bits per heavy atom. The molecule has 152 valence electrons. The molecule has 2 heterocycles. The van der Waals surface area contributed by atoms with Crippen LogP contribution in [0.4, 0.5) is 0 Å². The number of benzene rings is 2. The average molecular weight is 421 g/mol. The molecule has 0 saturated heterocycles. The number of fused-ring (bicyclic) bond motifs is 1. The Balaban J connectivity index is 1.82. The van der Waals surface area contributed by atoms with Gasteiger partial charge < -0.3 is 9.47 Å². The number of hydrogen-bond donors (Lipinski definition) is 0. The number of aryl methyl sites for hydroxylation is 1. The molecule has 0 fully saturated rings. The molecule has 4 rings (SSSR count). The predicted octanol–water partition coefficient (Wildman–Crippen LogP) is 1.98. The van der Waals surface area contributed by atoms with Crippen molar-refractivity contribution in [3.05, 3.63) is 90.1 Å². The summed E-state index contributed by atoms with van der Waals surface area (Å²) in [7, 11) is 3.13. The fraction of sp³-hybridized carbons (Fsp3) is 0.182. The van der Waals surface area contributed by atoms with Crippen LogP contribution >= 0.6 is 11.3 Å². The van der Waals surface area contributed by atoms with Crippen molar-refractivity contribution in [2.24, 2.45) is 0 Å². The second kappa shape index (κ2) is 8.08. The zero-order valence-electron chi connectivity index (χ0n) is 16.7. The van der Waals surface area contributed by atoms with Crippen molar-refractivity contribution in [1.29, 1.82) is 0 Å². The first-order valence-electron chi connectivity index (χ1n) is 9.20. The van der Waals surface area contributed by atoms with Crippen molar-refractivity contribution < 1.29 is 9.47 Å². The van der Waals surface area contributed by atoms with E-state index in [1.807, 2.05) is 31.2 Å². The maximum absolute atomic E-state index is 12.9. The van der Waals surface area contributed by atoms with E-state index >= 15 is 0 Å². The zero-order valence-corrected chi connectivity index (χ0v) is 17.5. The zero-order chi connectivity index (χ0) is 21.3. The highest BCUT2D eigenvalue weighted by molar-refractivity contribution is 7.15. The number of nitrogens with zero attached hydrogens (tertiary/aromatic N) is 3. The lowest BCUT2D eigenvalue weighted by Crippen LogP contribution is -2.28. The smallest absolute Gasteiger partial charge is 0.296 e. The molecule has 0 radical (unpaired) electrons. The number of rotatable bonds is 5. The summed E-state index contributed by atoms with van der Waals surface area (Å²) in [6.07, 6.45) is 2.00. The molecule has 0 saturated carbocycles. The Bertz CT molecular complexity index is 1390. The van der Waals surface area contributed by atoms with Gasteiger partial charge in [-0.2, -0.15) is 14.6 Å². The third kappa shape index (κ3) is 3.81. The molecule has 0 unspecified atom stereocenters. The van der Waals surface area contributed by atoms with E-state index in [4.69, 9.17) is 9.47 Å². The van der Waals surface area contributed by atoms with Gasteiger partial charge >= 0.3 is 0 Å². The van der Waals surface area contributed by atoms with Gasteiger partial charge in [-0.15, -0.1) is 0 Å². The highest BCUT2D eigenvalue weighted by atomic mass is 32.1. The van der Waals surface area contributed by atoms with Crippen LogP contribution in [0, 0.1) is 6.92 Å². The van der Waals surface area contributed by atoms with Gasteiger partial charge in [0.2, 0.25) is 4.96 Å². The molecule has 8 heteroatoms. The van der Waals surface area contributed by atoms with Crippen LogP contribution in [-0.4, -0.2) is 28.8 Å². The summed E-state index contributed by atoms with van der Waals surface area (Å²) in [5.41, 5.74) is 2.22. The van der Waals surface area contributed by atoms with Gasteiger partial charge in [0.05, 0.1) is 18.8 Å². The van der Waals surface area contributed by atoms with E-state index in [0.717, 1.165) is 22.5 Å². The molecular weight excluding hydrogens is 402 g/mol. The third-order valence-corrected chi connectivity index (χ3v) is 5.63. The third-order valence-electron chi connectivity index (χ3n) is 4.67. The van der Waals surface area contributed by atoms with Crippen molar-refractivity contribution in [3.8, 4) is 11.5 Å². The van der Waals surface area contributed by atoms with Gasteiger partial charge in [-0.1, -0.05) is 41.2 Å². The molecule has 0 spiro atoms. The van der Waals surface area contributed by atoms with E-state index < -0.39 is 5.56 Å². The monoisotopic (exact) mass is 421 g/mol. The molecule has 0 N–H and O–H groups in total. The van der Waals surface area contributed by atoms with E-state index in [1.165, 1.54) is 4.52 Å². The van der Waals surface area contributed by atoms with Crippen LogP contribution in [-0.2, 0) is 6.42 Å². The number of methoxy groups -OCH3 is 2. The first-order chi connectivity index (χ1) is 14.5. The predicted molar refractivity (Wildman–Crippen MR) is 116 cm³/mol. The van der Waals surface area contributed by atoms with Gasteiger partial charge in [0, 0.05) is 12.0 Å². The Morgan fingerprint density at radius 2 is 1.83 bits per heavy atom. The van der Waals surface area contributed by atoms with Crippen molar-refractivity contribution >= 4 is 22.4 Å². The molecule has 0 atom stereocenters. The molecule has 0 amide bonds. The average Bonchev–Trinajstić information content (AvgIpc) is 3.04. The Kier molecular flexibility index (Phi) is 5.33. The van der Waals surface area contributed by atoms with Gasteiger partial charge in [0.1, 0.15) is 17.2 Å². The van der Waals surface area contributed by atoms with E-state index in [-0.39, 0.29) is 16.2 Å². The molecule has 0 aliphatic heterocycles. The highest BCUT2D eigenvalue weighted by Gasteiger charge is 2.12. The quantitative estimate of drug-likeness (QED) is 0.490. The summed E-state index contributed by atoms with van der Waals surface area (Å²) in [5, 5.41) is 4.29. The van der Waals surface area contributed by atoms with Crippen molar-refractivity contribution in [3.63, 3.8) is 0 Å². The fourth-order valence-electron chi connectivity index (χ4n) is 3.04. The molecule has 0 bridgehead atoms. The first kappa shape index (κ1) is 19.8. The summed E-state index contributed by atoms with van der Waals surface area (Å²) in [6.45, 7) is 1.99. The summed E-state index contributed by atoms with van der Waals surface area (Å²) in [4.78, 5) is 29.7. The lowest BCUT2D eigenvalue weighted by atomic mass is 10.1. The number of hydrogen-bond acceptors (Lipinski definition) is 7. The molecule has 2 aromatic carbocycles. The van der Waals surface area contributed by atoms with Crippen molar-refractivity contribution in [1.82, 2.24) is 14.6 Å². The summed E-state index contributed by atoms with van der Waals surface area (Å²) >= 11 is 1.11. The van der Waals surface area contributed by atoms with E-state index in [2.05, 4.69) is 10.1 Å². The molecule has 4 aromatic rings. The molecule has 7 nitrogen and oxygen atoms in total.